The summed E-state index contributed by atoms with van der Waals surface area (Å²) in [5, 5.41) is 19.3. The number of allylic oxidation sites excluding steroid dienone is 2. The van der Waals surface area contributed by atoms with Crippen LogP contribution in [-0.2, 0) is 4.79 Å². The molecule has 0 saturated heterocycles. The number of aliphatic hydroxyl groups excluding tert-OH is 2. The zero-order valence-corrected chi connectivity index (χ0v) is 18.1. The van der Waals surface area contributed by atoms with E-state index in [2.05, 4.69) is 11.9 Å². The quantitative estimate of drug-likeness (QED) is 0.292. The minimum Gasteiger partial charge on any atom is -0.503 e. The summed E-state index contributed by atoms with van der Waals surface area (Å²) in [4.78, 5) is 15.7. The monoisotopic (exact) mass is 391 g/mol. The number of nitrogens with zero attached hydrogens (tertiary/aromatic N) is 1. The van der Waals surface area contributed by atoms with Gasteiger partial charge in [0, 0.05) is 0 Å². The Hall–Kier alpha value is -1.42. The fraction of sp³-hybridized carbons (Fsp3) is 0.750. The van der Waals surface area contributed by atoms with Gasteiger partial charge >= 0.3 is 0 Å². The molecule has 28 heavy (non-hydrogen) atoms. The lowest BCUT2D eigenvalue weighted by Gasteiger charge is -2.15. The summed E-state index contributed by atoms with van der Waals surface area (Å²) in [5.74, 6) is -1.10. The predicted molar refractivity (Wildman–Crippen MR) is 118 cm³/mol. The molecule has 0 radical (unpaired) electrons. The highest BCUT2D eigenvalue weighted by atomic mass is 16.3. The van der Waals surface area contributed by atoms with Crippen molar-refractivity contribution >= 4 is 11.5 Å². The second-order valence-corrected chi connectivity index (χ2v) is 8.04. The lowest BCUT2D eigenvalue weighted by atomic mass is 10.0. The Morgan fingerprint density at radius 3 is 1.82 bits per heavy atom. The van der Waals surface area contributed by atoms with Crippen molar-refractivity contribution in [3.8, 4) is 0 Å². The van der Waals surface area contributed by atoms with Gasteiger partial charge in [-0.25, -0.2) is 0 Å². The van der Waals surface area contributed by atoms with E-state index in [4.69, 9.17) is 0 Å². The van der Waals surface area contributed by atoms with E-state index in [1.165, 1.54) is 83.5 Å². The average molecular weight is 392 g/mol. The number of hydrogen-bond donors (Lipinski definition) is 2. The molecular formula is C24H41NO3. The molecule has 0 spiro atoms. The van der Waals surface area contributed by atoms with Crippen LogP contribution in [0.2, 0.25) is 0 Å². The molecule has 1 unspecified atom stereocenters. The molecule has 160 valence electrons. The summed E-state index contributed by atoms with van der Waals surface area (Å²) in [5.41, 5.74) is 0.595. The van der Waals surface area contributed by atoms with Crippen LogP contribution in [0.3, 0.4) is 0 Å². The standard InChI is InChI=1S/C24H41NO3/c1-3-4-5-6-7-8-9-10-11-12-13-14-15-16-17-18-19-21-23(27)24(28)22(26)20(2)25-21/h18-19,22,26-27H,3-17H2,1-2H3. The van der Waals surface area contributed by atoms with E-state index in [-0.39, 0.29) is 5.70 Å². The average Bonchev–Trinajstić information content (AvgIpc) is 2.69. The first-order valence-corrected chi connectivity index (χ1v) is 11.4. The molecule has 0 aromatic heterocycles. The third-order valence-corrected chi connectivity index (χ3v) is 5.42. The summed E-state index contributed by atoms with van der Waals surface area (Å²) in [6.45, 7) is 3.86. The van der Waals surface area contributed by atoms with Crippen LogP contribution in [0.1, 0.15) is 110 Å². The largest absolute Gasteiger partial charge is 0.503 e. The van der Waals surface area contributed by atoms with E-state index in [9.17, 15) is 15.0 Å². The van der Waals surface area contributed by atoms with Crippen molar-refractivity contribution in [2.24, 2.45) is 4.99 Å². The van der Waals surface area contributed by atoms with Gasteiger partial charge < -0.3 is 10.2 Å². The molecule has 0 bridgehead atoms. The van der Waals surface area contributed by atoms with Gasteiger partial charge in [-0.1, -0.05) is 96.5 Å². The number of unbranched alkanes of at least 4 members (excludes halogenated alkanes) is 14. The van der Waals surface area contributed by atoms with Crippen molar-refractivity contribution < 1.29 is 15.0 Å². The first kappa shape index (κ1) is 24.6. The van der Waals surface area contributed by atoms with Crippen LogP contribution in [0.4, 0.5) is 0 Å². The van der Waals surface area contributed by atoms with E-state index in [0.717, 1.165) is 12.8 Å². The molecule has 0 aromatic rings. The van der Waals surface area contributed by atoms with Crippen molar-refractivity contribution in [2.45, 2.75) is 116 Å². The topological polar surface area (TPSA) is 69.9 Å². The summed E-state index contributed by atoms with van der Waals surface area (Å²) < 4.78 is 0. The first-order valence-electron chi connectivity index (χ1n) is 11.4. The lowest BCUT2D eigenvalue weighted by Crippen LogP contribution is -2.32. The molecule has 1 atom stereocenters. The van der Waals surface area contributed by atoms with E-state index >= 15 is 0 Å². The molecule has 1 rings (SSSR count). The zero-order valence-electron chi connectivity index (χ0n) is 18.1. The van der Waals surface area contributed by atoms with Gasteiger partial charge in [-0.2, -0.15) is 0 Å². The Labute approximate surface area is 171 Å². The third kappa shape index (κ3) is 10.2. The fourth-order valence-electron chi connectivity index (χ4n) is 3.52. The number of carbonyl (C=O) groups is 1. The van der Waals surface area contributed by atoms with Crippen LogP contribution in [0, 0.1) is 0 Å². The van der Waals surface area contributed by atoms with Crippen molar-refractivity contribution in [1.82, 2.24) is 0 Å². The highest BCUT2D eigenvalue weighted by Crippen LogP contribution is 2.17. The van der Waals surface area contributed by atoms with Gasteiger partial charge in [-0.05, 0) is 25.8 Å². The van der Waals surface area contributed by atoms with E-state index < -0.39 is 17.6 Å². The maximum Gasteiger partial charge on any atom is 0.233 e. The van der Waals surface area contributed by atoms with Crippen LogP contribution in [0.15, 0.2) is 28.6 Å². The summed E-state index contributed by atoms with van der Waals surface area (Å²) >= 11 is 0. The number of carbonyl (C=O) groups excluding carboxylic acids is 1. The lowest BCUT2D eigenvalue weighted by molar-refractivity contribution is -0.123. The van der Waals surface area contributed by atoms with Crippen molar-refractivity contribution in [1.29, 1.82) is 0 Å². The Balaban J connectivity index is 1.96. The second kappa shape index (κ2) is 15.5. The molecule has 0 aromatic carbocycles. The van der Waals surface area contributed by atoms with E-state index in [1.54, 1.807) is 13.0 Å². The highest BCUT2D eigenvalue weighted by molar-refractivity contribution is 6.15. The Morgan fingerprint density at radius 2 is 1.32 bits per heavy atom. The van der Waals surface area contributed by atoms with Crippen molar-refractivity contribution in [3.05, 3.63) is 23.6 Å². The van der Waals surface area contributed by atoms with Gasteiger partial charge in [0.15, 0.2) is 11.9 Å². The van der Waals surface area contributed by atoms with Crippen molar-refractivity contribution in [2.75, 3.05) is 0 Å². The molecule has 4 nitrogen and oxygen atoms in total. The second-order valence-electron chi connectivity index (χ2n) is 8.04. The smallest absolute Gasteiger partial charge is 0.233 e. The summed E-state index contributed by atoms with van der Waals surface area (Å²) in [6.07, 6.45) is 22.1. The van der Waals surface area contributed by atoms with Gasteiger partial charge in [0.1, 0.15) is 5.70 Å². The van der Waals surface area contributed by atoms with E-state index in [0.29, 0.717) is 5.71 Å². The van der Waals surface area contributed by atoms with Crippen molar-refractivity contribution in [3.63, 3.8) is 0 Å². The molecule has 0 saturated carbocycles. The molecule has 1 heterocycles. The SMILES string of the molecule is CCCCCCCCCCCCCCCCC=CC1=C(O)C(=O)C(O)C(C)=N1. The molecule has 0 fully saturated rings. The first-order chi connectivity index (χ1) is 13.6. The maximum atomic E-state index is 11.6. The minimum absolute atomic E-state index is 0.262. The molecule has 0 aliphatic carbocycles. The maximum absolute atomic E-state index is 11.6. The van der Waals surface area contributed by atoms with Crippen LogP contribution in [-0.4, -0.2) is 27.8 Å². The van der Waals surface area contributed by atoms with Gasteiger partial charge in [-0.3, -0.25) is 9.79 Å². The number of ketones is 1. The number of aliphatic imine (C=N–C) groups is 1. The predicted octanol–water partition coefficient (Wildman–Crippen LogP) is 6.59. The number of Topliss-reactive ketones (excluding diaryl/α,β-unsaturated/α-hetero) is 1. The molecule has 4 heteroatoms. The number of aliphatic hydroxyl groups is 2. The highest BCUT2D eigenvalue weighted by Gasteiger charge is 2.28. The Morgan fingerprint density at radius 1 is 0.857 bits per heavy atom. The van der Waals surface area contributed by atoms with Gasteiger partial charge in [0.2, 0.25) is 5.78 Å². The van der Waals surface area contributed by atoms with Crippen LogP contribution < -0.4 is 0 Å². The number of rotatable bonds is 16. The van der Waals surface area contributed by atoms with Crippen LogP contribution in [0.25, 0.3) is 0 Å². The van der Waals surface area contributed by atoms with Gasteiger partial charge in [-0.15, -0.1) is 0 Å². The number of hydrogen-bond acceptors (Lipinski definition) is 4. The molecule has 0 amide bonds. The molecular weight excluding hydrogens is 350 g/mol. The summed E-state index contributed by atoms with van der Waals surface area (Å²) in [6, 6.07) is 0. The Kier molecular flexibility index (Phi) is 13.6. The molecule has 1 aliphatic rings. The Bertz CT molecular complexity index is 532. The van der Waals surface area contributed by atoms with Crippen LogP contribution in [0.5, 0.6) is 0 Å². The molecule has 1 aliphatic heterocycles. The zero-order chi connectivity index (χ0) is 20.6. The fourth-order valence-corrected chi connectivity index (χ4v) is 3.52. The van der Waals surface area contributed by atoms with Crippen LogP contribution >= 0.6 is 0 Å². The summed E-state index contributed by atoms with van der Waals surface area (Å²) in [7, 11) is 0. The third-order valence-electron chi connectivity index (χ3n) is 5.42. The van der Waals surface area contributed by atoms with E-state index in [1.807, 2.05) is 6.08 Å². The van der Waals surface area contributed by atoms with Gasteiger partial charge in [0.25, 0.3) is 0 Å². The normalized spacial score (nSPS) is 17.6. The minimum atomic E-state index is -1.30. The molecule has 2 N–H and O–H groups in total. The van der Waals surface area contributed by atoms with Gasteiger partial charge in [0.05, 0.1) is 5.71 Å².